The SMILES string of the molecule is CC1CN(CC(=O)c2ccc(Br)s2)CC(C)S1. The average molecular weight is 334 g/mol. The Balaban J connectivity index is 1.94. The molecule has 1 aromatic heterocycles. The van der Waals surface area contributed by atoms with Crippen molar-refractivity contribution >= 4 is 44.8 Å². The van der Waals surface area contributed by atoms with Crippen molar-refractivity contribution in [1.82, 2.24) is 4.90 Å². The van der Waals surface area contributed by atoms with E-state index < -0.39 is 0 Å². The molecule has 2 unspecified atom stereocenters. The van der Waals surface area contributed by atoms with Gasteiger partial charge in [-0.05, 0) is 28.1 Å². The van der Waals surface area contributed by atoms with Crippen molar-refractivity contribution in [2.24, 2.45) is 0 Å². The van der Waals surface area contributed by atoms with E-state index in [1.54, 1.807) is 0 Å². The minimum Gasteiger partial charge on any atom is -0.294 e. The summed E-state index contributed by atoms with van der Waals surface area (Å²) < 4.78 is 1.02. The predicted octanol–water partition coefficient (Wildman–Crippen LogP) is 3.52. The number of carbonyl (C=O) groups excluding carboxylic acids is 1. The molecule has 0 aliphatic carbocycles. The van der Waals surface area contributed by atoms with Crippen LogP contribution in [0.3, 0.4) is 0 Å². The molecule has 0 amide bonds. The van der Waals surface area contributed by atoms with Gasteiger partial charge in [-0.15, -0.1) is 11.3 Å². The molecule has 0 bridgehead atoms. The predicted molar refractivity (Wildman–Crippen MR) is 79.3 cm³/mol. The molecule has 2 atom stereocenters. The fourth-order valence-electron chi connectivity index (χ4n) is 2.16. The molecular formula is C12H16BrNOS2. The van der Waals surface area contributed by atoms with Gasteiger partial charge in [0, 0.05) is 23.6 Å². The number of nitrogens with zero attached hydrogens (tertiary/aromatic N) is 1. The molecule has 0 saturated carbocycles. The van der Waals surface area contributed by atoms with Crippen molar-refractivity contribution in [3.05, 3.63) is 20.8 Å². The second-order valence-electron chi connectivity index (χ2n) is 4.48. The van der Waals surface area contributed by atoms with Crippen LogP contribution in [0.15, 0.2) is 15.9 Å². The minimum atomic E-state index is 0.243. The minimum absolute atomic E-state index is 0.243. The van der Waals surface area contributed by atoms with Crippen molar-refractivity contribution in [3.8, 4) is 0 Å². The first-order chi connectivity index (χ1) is 8.04. The number of hydrogen-bond acceptors (Lipinski definition) is 4. The van der Waals surface area contributed by atoms with Gasteiger partial charge in [-0.1, -0.05) is 13.8 Å². The number of thioether (sulfide) groups is 1. The highest BCUT2D eigenvalue weighted by atomic mass is 79.9. The number of rotatable bonds is 3. The number of hydrogen-bond donors (Lipinski definition) is 0. The lowest BCUT2D eigenvalue weighted by Gasteiger charge is -2.33. The normalized spacial score (nSPS) is 26.1. The lowest BCUT2D eigenvalue weighted by atomic mass is 10.2. The molecule has 1 aliphatic rings. The Kier molecular flexibility index (Phi) is 4.69. The first kappa shape index (κ1) is 13.6. The monoisotopic (exact) mass is 333 g/mol. The average Bonchev–Trinajstić information content (AvgIpc) is 2.63. The largest absolute Gasteiger partial charge is 0.294 e. The number of thiophene rings is 1. The number of ketones is 1. The molecule has 0 spiro atoms. The second-order valence-corrected chi connectivity index (χ2v) is 8.82. The van der Waals surface area contributed by atoms with Crippen LogP contribution in [0.1, 0.15) is 23.5 Å². The molecule has 94 valence electrons. The van der Waals surface area contributed by atoms with Gasteiger partial charge in [-0.3, -0.25) is 9.69 Å². The summed E-state index contributed by atoms with van der Waals surface area (Å²) in [5.74, 6) is 0.243. The molecule has 2 rings (SSSR count). The highest BCUT2D eigenvalue weighted by Crippen LogP contribution is 2.26. The Morgan fingerprint density at radius 3 is 2.59 bits per heavy atom. The molecule has 1 aliphatic heterocycles. The molecule has 0 N–H and O–H groups in total. The molecule has 0 aromatic carbocycles. The summed E-state index contributed by atoms with van der Waals surface area (Å²) in [5, 5.41) is 1.25. The van der Waals surface area contributed by atoms with E-state index >= 15 is 0 Å². The van der Waals surface area contributed by atoms with Gasteiger partial charge in [0.25, 0.3) is 0 Å². The Bertz CT molecular complexity index is 397. The van der Waals surface area contributed by atoms with Gasteiger partial charge in [0.1, 0.15) is 0 Å². The van der Waals surface area contributed by atoms with E-state index in [9.17, 15) is 4.79 Å². The van der Waals surface area contributed by atoms with Crippen LogP contribution in [-0.2, 0) is 0 Å². The molecule has 1 fully saturated rings. The first-order valence-electron chi connectivity index (χ1n) is 5.71. The van der Waals surface area contributed by atoms with Gasteiger partial charge in [0.15, 0.2) is 5.78 Å². The molecule has 0 radical (unpaired) electrons. The molecule has 1 saturated heterocycles. The van der Waals surface area contributed by atoms with Crippen molar-refractivity contribution in [2.45, 2.75) is 24.3 Å². The molecular weight excluding hydrogens is 318 g/mol. The summed E-state index contributed by atoms with van der Waals surface area (Å²) in [6.07, 6.45) is 0. The third-order valence-electron chi connectivity index (χ3n) is 2.71. The van der Waals surface area contributed by atoms with E-state index in [2.05, 4.69) is 34.7 Å². The van der Waals surface area contributed by atoms with E-state index in [0.717, 1.165) is 21.8 Å². The topological polar surface area (TPSA) is 20.3 Å². The third-order valence-corrected chi connectivity index (χ3v) is 5.60. The Morgan fingerprint density at radius 1 is 1.41 bits per heavy atom. The molecule has 2 nitrogen and oxygen atoms in total. The summed E-state index contributed by atoms with van der Waals surface area (Å²) in [7, 11) is 0. The number of carbonyl (C=O) groups is 1. The highest BCUT2D eigenvalue weighted by Gasteiger charge is 2.24. The van der Waals surface area contributed by atoms with Crippen molar-refractivity contribution in [2.75, 3.05) is 19.6 Å². The van der Waals surface area contributed by atoms with Crippen molar-refractivity contribution in [3.63, 3.8) is 0 Å². The van der Waals surface area contributed by atoms with Crippen LogP contribution in [0, 0.1) is 0 Å². The second kappa shape index (κ2) is 5.87. The summed E-state index contributed by atoms with van der Waals surface area (Å²) in [6.45, 7) is 7.07. The van der Waals surface area contributed by atoms with Gasteiger partial charge in [-0.2, -0.15) is 11.8 Å². The maximum atomic E-state index is 12.1. The van der Waals surface area contributed by atoms with E-state index in [0.29, 0.717) is 17.0 Å². The molecule has 5 heteroatoms. The zero-order valence-corrected chi connectivity index (χ0v) is 13.2. The van der Waals surface area contributed by atoms with Crippen molar-refractivity contribution in [1.29, 1.82) is 0 Å². The van der Waals surface area contributed by atoms with Crippen LogP contribution in [0.25, 0.3) is 0 Å². The first-order valence-corrected chi connectivity index (χ1v) is 8.26. The van der Waals surface area contributed by atoms with Gasteiger partial charge in [0.05, 0.1) is 15.2 Å². The molecule has 17 heavy (non-hydrogen) atoms. The number of halogens is 1. The fourth-order valence-corrected chi connectivity index (χ4v) is 4.86. The maximum absolute atomic E-state index is 12.1. The van der Waals surface area contributed by atoms with Crippen LogP contribution < -0.4 is 0 Å². The van der Waals surface area contributed by atoms with Crippen LogP contribution >= 0.6 is 39.0 Å². The van der Waals surface area contributed by atoms with Crippen LogP contribution in [0.2, 0.25) is 0 Å². The quantitative estimate of drug-likeness (QED) is 0.789. The van der Waals surface area contributed by atoms with E-state index in [4.69, 9.17) is 0 Å². The summed E-state index contributed by atoms with van der Waals surface area (Å²) in [5.41, 5.74) is 0. The summed E-state index contributed by atoms with van der Waals surface area (Å²) >= 11 is 6.93. The maximum Gasteiger partial charge on any atom is 0.186 e. The van der Waals surface area contributed by atoms with E-state index in [1.807, 2.05) is 23.9 Å². The van der Waals surface area contributed by atoms with E-state index in [-0.39, 0.29) is 5.78 Å². The lowest BCUT2D eigenvalue weighted by molar-refractivity contribution is 0.0934. The fraction of sp³-hybridized carbons (Fsp3) is 0.583. The van der Waals surface area contributed by atoms with Crippen LogP contribution in [0.4, 0.5) is 0 Å². The highest BCUT2D eigenvalue weighted by molar-refractivity contribution is 9.11. The zero-order valence-electron chi connectivity index (χ0n) is 9.98. The van der Waals surface area contributed by atoms with Crippen LogP contribution in [0.5, 0.6) is 0 Å². The van der Waals surface area contributed by atoms with Gasteiger partial charge < -0.3 is 0 Å². The standard InChI is InChI=1S/C12H16BrNOS2/c1-8-5-14(6-9(2)16-8)7-10(15)11-3-4-12(13)17-11/h3-4,8-9H,5-7H2,1-2H3. The van der Waals surface area contributed by atoms with Crippen LogP contribution in [-0.4, -0.2) is 40.8 Å². The molecule has 1 aromatic rings. The third kappa shape index (κ3) is 3.81. The molecule has 2 heterocycles. The smallest absolute Gasteiger partial charge is 0.186 e. The Labute approximate surface area is 119 Å². The van der Waals surface area contributed by atoms with Gasteiger partial charge in [-0.25, -0.2) is 0 Å². The summed E-state index contributed by atoms with van der Waals surface area (Å²) in [4.78, 5) is 15.2. The van der Waals surface area contributed by atoms with Crippen molar-refractivity contribution < 1.29 is 4.79 Å². The lowest BCUT2D eigenvalue weighted by Crippen LogP contribution is -2.42. The van der Waals surface area contributed by atoms with Gasteiger partial charge in [0.2, 0.25) is 0 Å². The summed E-state index contributed by atoms with van der Waals surface area (Å²) in [6, 6.07) is 3.85. The Hall–Kier alpha value is 0.160. The van der Waals surface area contributed by atoms with E-state index in [1.165, 1.54) is 11.3 Å². The Morgan fingerprint density at radius 2 is 2.06 bits per heavy atom. The number of Topliss-reactive ketones (excluding diaryl/α,β-unsaturated/α-hetero) is 1. The zero-order chi connectivity index (χ0) is 12.4. The van der Waals surface area contributed by atoms with Gasteiger partial charge >= 0.3 is 0 Å².